The van der Waals surface area contributed by atoms with Crippen LogP contribution in [-0.2, 0) is 6.54 Å². The van der Waals surface area contributed by atoms with Gasteiger partial charge in [-0.05, 0) is 38.1 Å². The molecule has 2 heterocycles. The van der Waals surface area contributed by atoms with Gasteiger partial charge in [0.1, 0.15) is 5.75 Å². The standard InChI is InChI=1S/C15H17N3OS/c1-10-9-20-15-17-11(2)14(18(10)15)8-16-12-4-6-13(19-3)7-5-12/h4-7,9,16H,8H2,1-3H3. The minimum atomic E-state index is 0.761. The van der Waals surface area contributed by atoms with Crippen LogP contribution in [0.4, 0.5) is 5.69 Å². The lowest BCUT2D eigenvalue weighted by molar-refractivity contribution is 0.415. The Bertz CT molecular complexity index is 727. The predicted octanol–water partition coefficient (Wildman–Crippen LogP) is 3.63. The summed E-state index contributed by atoms with van der Waals surface area (Å²) in [5, 5.41) is 5.57. The molecule has 1 N–H and O–H groups in total. The number of anilines is 1. The first kappa shape index (κ1) is 13.0. The molecule has 20 heavy (non-hydrogen) atoms. The Morgan fingerprint density at radius 3 is 2.70 bits per heavy atom. The van der Waals surface area contributed by atoms with Crippen molar-refractivity contribution < 1.29 is 4.74 Å². The van der Waals surface area contributed by atoms with E-state index < -0.39 is 0 Å². The summed E-state index contributed by atoms with van der Waals surface area (Å²) in [5.74, 6) is 0.868. The number of ether oxygens (including phenoxy) is 1. The molecule has 3 aromatic rings. The Morgan fingerprint density at radius 1 is 1.25 bits per heavy atom. The molecule has 1 aromatic carbocycles. The molecule has 104 valence electrons. The van der Waals surface area contributed by atoms with Crippen molar-refractivity contribution in [1.29, 1.82) is 0 Å². The van der Waals surface area contributed by atoms with E-state index in [-0.39, 0.29) is 0 Å². The van der Waals surface area contributed by atoms with Gasteiger partial charge in [-0.3, -0.25) is 4.40 Å². The van der Waals surface area contributed by atoms with Gasteiger partial charge in [-0.2, -0.15) is 0 Å². The lowest BCUT2D eigenvalue weighted by atomic mass is 10.3. The van der Waals surface area contributed by atoms with Crippen molar-refractivity contribution in [2.45, 2.75) is 20.4 Å². The Kier molecular flexibility index (Phi) is 3.36. The molecule has 0 aliphatic heterocycles. The lowest BCUT2D eigenvalue weighted by Gasteiger charge is -2.08. The summed E-state index contributed by atoms with van der Waals surface area (Å²) >= 11 is 1.68. The minimum absolute atomic E-state index is 0.761. The molecule has 0 aliphatic rings. The largest absolute Gasteiger partial charge is 0.497 e. The van der Waals surface area contributed by atoms with E-state index in [2.05, 4.69) is 33.9 Å². The highest BCUT2D eigenvalue weighted by molar-refractivity contribution is 7.15. The highest BCUT2D eigenvalue weighted by atomic mass is 32.1. The summed E-state index contributed by atoms with van der Waals surface area (Å²) in [4.78, 5) is 5.66. The molecule has 0 amide bonds. The Labute approximate surface area is 122 Å². The number of benzene rings is 1. The van der Waals surface area contributed by atoms with Gasteiger partial charge < -0.3 is 10.1 Å². The van der Waals surface area contributed by atoms with Crippen LogP contribution in [-0.4, -0.2) is 16.5 Å². The second-order valence-electron chi connectivity index (χ2n) is 4.72. The quantitative estimate of drug-likeness (QED) is 0.796. The molecule has 0 spiro atoms. The Balaban J connectivity index is 1.82. The van der Waals surface area contributed by atoms with Crippen LogP contribution in [0.1, 0.15) is 17.1 Å². The molecular weight excluding hydrogens is 270 g/mol. The first-order chi connectivity index (χ1) is 9.69. The number of aryl methyl sites for hydroxylation is 2. The molecule has 4 nitrogen and oxygen atoms in total. The number of fused-ring (bicyclic) bond motifs is 1. The number of nitrogens with one attached hydrogen (secondary N) is 1. The highest BCUT2D eigenvalue weighted by Gasteiger charge is 2.11. The van der Waals surface area contributed by atoms with Gasteiger partial charge in [-0.15, -0.1) is 11.3 Å². The Hall–Kier alpha value is -2.01. The summed E-state index contributed by atoms with van der Waals surface area (Å²) in [5.41, 5.74) is 4.61. The average Bonchev–Trinajstić information content (AvgIpc) is 2.97. The topological polar surface area (TPSA) is 38.6 Å². The molecular formula is C15H17N3OS. The molecule has 2 aromatic heterocycles. The maximum atomic E-state index is 5.16. The van der Waals surface area contributed by atoms with E-state index in [1.807, 2.05) is 24.3 Å². The van der Waals surface area contributed by atoms with Gasteiger partial charge in [0.2, 0.25) is 0 Å². The summed E-state index contributed by atoms with van der Waals surface area (Å²) in [6.07, 6.45) is 0. The van der Waals surface area contributed by atoms with Gasteiger partial charge in [-0.25, -0.2) is 4.98 Å². The number of hydrogen-bond acceptors (Lipinski definition) is 4. The Morgan fingerprint density at radius 2 is 2.00 bits per heavy atom. The van der Waals surface area contributed by atoms with Crippen molar-refractivity contribution in [2.24, 2.45) is 0 Å². The maximum Gasteiger partial charge on any atom is 0.194 e. The summed E-state index contributed by atoms with van der Waals surface area (Å²) in [6.45, 7) is 4.93. The molecule has 5 heteroatoms. The van der Waals surface area contributed by atoms with Gasteiger partial charge in [0.05, 0.1) is 25.0 Å². The summed E-state index contributed by atoms with van der Waals surface area (Å²) in [7, 11) is 1.67. The molecule has 0 unspecified atom stereocenters. The van der Waals surface area contributed by atoms with Crippen molar-refractivity contribution in [1.82, 2.24) is 9.38 Å². The number of methoxy groups -OCH3 is 1. The molecule has 0 fully saturated rings. The average molecular weight is 287 g/mol. The number of imidazole rings is 1. The third-order valence-corrected chi connectivity index (χ3v) is 4.32. The van der Waals surface area contributed by atoms with Crippen LogP contribution in [0.5, 0.6) is 5.75 Å². The van der Waals surface area contributed by atoms with Gasteiger partial charge in [0, 0.05) is 16.8 Å². The molecule has 3 rings (SSSR count). The maximum absolute atomic E-state index is 5.16. The monoisotopic (exact) mass is 287 g/mol. The number of nitrogens with zero attached hydrogens (tertiary/aromatic N) is 2. The van der Waals surface area contributed by atoms with Crippen LogP contribution in [0.2, 0.25) is 0 Å². The summed E-state index contributed by atoms with van der Waals surface area (Å²) in [6, 6.07) is 7.95. The van der Waals surface area contributed by atoms with Gasteiger partial charge in [0.25, 0.3) is 0 Å². The molecule has 0 aliphatic carbocycles. The van der Waals surface area contributed by atoms with Crippen LogP contribution in [0.15, 0.2) is 29.6 Å². The predicted molar refractivity (Wildman–Crippen MR) is 82.9 cm³/mol. The fourth-order valence-electron chi connectivity index (χ4n) is 2.27. The van der Waals surface area contributed by atoms with Gasteiger partial charge >= 0.3 is 0 Å². The van der Waals surface area contributed by atoms with Crippen LogP contribution >= 0.6 is 11.3 Å². The molecule has 0 radical (unpaired) electrons. The first-order valence-electron chi connectivity index (χ1n) is 6.49. The smallest absolute Gasteiger partial charge is 0.194 e. The van der Waals surface area contributed by atoms with Crippen LogP contribution in [0.25, 0.3) is 4.96 Å². The molecule has 0 atom stereocenters. The second kappa shape index (κ2) is 5.17. The minimum Gasteiger partial charge on any atom is -0.497 e. The van der Waals surface area contributed by atoms with Gasteiger partial charge in [-0.1, -0.05) is 0 Å². The fraction of sp³-hybridized carbons (Fsp3) is 0.267. The normalized spacial score (nSPS) is 10.9. The van der Waals surface area contributed by atoms with E-state index in [1.54, 1.807) is 18.4 Å². The van der Waals surface area contributed by atoms with E-state index in [0.717, 1.165) is 28.6 Å². The lowest BCUT2D eigenvalue weighted by Crippen LogP contribution is -2.04. The fourth-order valence-corrected chi connectivity index (χ4v) is 3.20. The number of aromatic nitrogens is 2. The summed E-state index contributed by atoms with van der Waals surface area (Å²) < 4.78 is 7.38. The van der Waals surface area contributed by atoms with Gasteiger partial charge in [0.15, 0.2) is 4.96 Å². The van der Waals surface area contributed by atoms with Crippen LogP contribution < -0.4 is 10.1 Å². The molecule has 0 saturated carbocycles. The third kappa shape index (κ3) is 2.25. The van der Waals surface area contributed by atoms with Crippen LogP contribution in [0.3, 0.4) is 0 Å². The van der Waals surface area contributed by atoms with Crippen molar-refractivity contribution in [2.75, 3.05) is 12.4 Å². The van der Waals surface area contributed by atoms with Crippen LogP contribution in [0, 0.1) is 13.8 Å². The van der Waals surface area contributed by atoms with E-state index in [1.165, 1.54) is 11.4 Å². The van der Waals surface area contributed by atoms with Crippen molar-refractivity contribution in [3.05, 3.63) is 46.7 Å². The van der Waals surface area contributed by atoms with E-state index in [4.69, 9.17) is 4.74 Å². The third-order valence-electron chi connectivity index (χ3n) is 3.38. The SMILES string of the molecule is COc1ccc(NCc2c(C)nc3scc(C)n23)cc1. The number of thiazole rings is 1. The number of rotatable bonds is 4. The zero-order valence-electron chi connectivity index (χ0n) is 11.8. The van der Waals surface area contributed by atoms with E-state index in [9.17, 15) is 0 Å². The highest BCUT2D eigenvalue weighted by Crippen LogP contribution is 2.22. The zero-order chi connectivity index (χ0) is 14.1. The second-order valence-corrected chi connectivity index (χ2v) is 5.56. The van der Waals surface area contributed by atoms with Crippen molar-refractivity contribution >= 4 is 22.0 Å². The molecule has 0 saturated heterocycles. The zero-order valence-corrected chi connectivity index (χ0v) is 12.6. The first-order valence-corrected chi connectivity index (χ1v) is 7.37. The molecule has 0 bridgehead atoms. The van der Waals surface area contributed by atoms with E-state index in [0.29, 0.717) is 0 Å². The van der Waals surface area contributed by atoms with Crippen molar-refractivity contribution in [3.8, 4) is 5.75 Å². The van der Waals surface area contributed by atoms with Crippen molar-refractivity contribution in [3.63, 3.8) is 0 Å². The van der Waals surface area contributed by atoms with E-state index >= 15 is 0 Å². The number of hydrogen-bond donors (Lipinski definition) is 1.